The van der Waals surface area contributed by atoms with Gasteiger partial charge in [0.15, 0.2) is 5.25 Å². The second-order valence-electron chi connectivity index (χ2n) is 6.29. The average molecular weight is 336 g/mol. The molecule has 1 atom stereocenters. The van der Waals surface area contributed by atoms with E-state index >= 15 is 0 Å². The molecule has 0 radical (unpaired) electrons. The number of ether oxygens (including phenoxy) is 1. The Morgan fingerprint density at radius 2 is 1.50 bits per heavy atom. The molecule has 6 heteroatoms. The Morgan fingerprint density at radius 1 is 1.00 bits per heavy atom. The van der Waals surface area contributed by atoms with E-state index in [4.69, 9.17) is 4.74 Å². The van der Waals surface area contributed by atoms with Gasteiger partial charge >= 0.3 is 5.97 Å². The molecule has 0 rings (SSSR count). The van der Waals surface area contributed by atoms with Crippen molar-refractivity contribution in [2.24, 2.45) is 5.92 Å². The van der Waals surface area contributed by atoms with Gasteiger partial charge in [-0.3, -0.25) is 9.35 Å². The van der Waals surface area contributed by atoms with Crippen LogP contribution >= 0.6 is 0 Å². The first-order valence-electron chi connectivity index (χ1n) is 8.42. The van der Waals surface area contributed by atoms with Gasteiger partial charge in [-0.05, 0) is 12.3 Å². The Bertz CT molecular complexity index is 389. The molecule has 0 spiro atoms. The monoisotopic (exact) mass is 336 g/mol. The summed E-state index contributed by atoms with van der Waals surface area (Å²) in [6, 6.07) is 0. The molecule has 1 unspecified atom stereocenters. The van der Waals surface area contributed by atoms with Gasteiger partial charge in [0.1, 0.15) is 0 Å². The molecule has 132 valence electrons. The molecule has 1 N–H and O–H groups in total. The first-order chi connectivity index (χ1) is 10.3. The van der Waals surface area contributed by atoms with Crippen molar-refractivity contribution in [3.63, 3.8) is 0 Å². The van der Waals surface area contributed by atoms with Crippen LogP contribution in [-0.2, 0) is 19.6 Å². The Balaban J connectivity index is 4.04. The van der Waals surface area contributed by atoms with E-state index in [0.29, 0.717) is 6.42 Å². The summed E-state index contributed by atoms with van der Waals surface area (Å²) in [6.07, 6.45) is 8.69. The van der Waals surface area contributed by atoms with Crippen LogP contribution in [0, 0.1) is 5.92 Å². The normalized spacial score (nSPS) is 13.3. The van der Waals surface area contributed by atoms with Gasteiger partial charge in [0.2, 0.25) is 0 Å². The van der Waals surface area contributed by atoms with Crippen molar-refractivity contribution in [2.45, 2.75) is 83.8 Å². The molecule has 5 nitrogen and oxygen atoms in total. The van der Waals surface area contributed by atoms with Crippen LogP contribution < -0.4 is 0 Å². The third kappa shape index (κ3) is 11.0. The molecule has 0 aromatic heterocycles. The smallest absolute Gasteiger partial charge is 0.326 e. The Morgan fingerprint density at radius 3 is 1.95 bits per heavy atom. The molecular weight excluding hydrogens is 304 g/mol. The van der Waals surface area contributed by atoms with Crippen molar-refractivity contribution in [1.29, 1.82) is 0 Å². The fourth-order valence-electron chi connectivity index (χ4n) is 2.19. The van der Waals surface area contributed by atoms with E-state index in [1.54, 1.807) is 0 Å². The number of hydrogen-bond acceptors (Lipinski definition) is 4. The van der Waals surface area contributed by atoms with E-state index < -0.39 is 21.3 Å². The van der Waals surface area contributed by atoms with Crippen LogP contribution in [0.4, 0.5) is 0 Å². The summed E-state index contributed by atoms with van der Waals surface area (Å²) in [5.41, 5.74) is 0. The van der Waals surface area contributed by atoms with Gasteiger partial charge in [-0.2, -0.15) is 8.42 Å². The Hall–Kier alpha value is -0.620. The first kappa shape index (κ1) is 21.4. The Kier molecular flexibility index (Phi) is 11.5. The van der Waals surface area contributed by atoms with E-state index in [1.807, 2.05) is 13.8 Å². The van der Waals surface area contributed by atoms with Crippen LogP contribution in [0.3, 0.4) is 0 Å². The fourth-order valence-corrected chi connectivity index (χ4v) is 2.97. The highest BCUT2D eigenvalue weighted by Gasteiger charge is 2.32. The molecule has 0 aliphatic rings. The summed E-state index contributed by atoms with van der Waals surface area (Å²) in [5, 5.41) is -1.44. The van der Waals surface area contributed by atoms with Crippen molar-refractivity contribution in [3.8, 4) is 0 Å². The first-order valence-corrected chi connectivity index (χ1v) is 9.92. The maximum absolute atomic E-state index is 11.8. The molecule has 0 fully saturated rings. The van der Waals surface area contributed by atoms with Gasteiger partial charge < -0.3 is 4.74 Å². The summed E-state index contributed by atoms with van der Waals surface area (Å²) in [6.45, 7) is 6.08. The molecule has 0 saturated heterocycles. The minimum absolute atomic E-state index is 0.130. The number of carbonyl (C=O) groups excluding carboxylic acids is 1. The summed E-state index contributed by atoms with van der Waals surface area (Å²) < 4.78 is 36.7. The van der Waals surface area contributed by atoms with Crippen LogP contribution in [0.15, 0.2) is 0 Å². The standard InChI is InChI=1S/C16H32O5S/c1-4-5-6-7-8-9-10-11-12-15(22(18,19)20)16(17)21-13-14(2)3/h14-15H,4-13H2,1-3H3,(H,18,19,20). The van der Waals surface area contributed by atoms with Crippen molar-refractivity contribution in [3.05, 3.63) is 0 Å². The molecule has 0 aliphatic carbocycles. The Labute approximate surface area is 135 Å². The zero-order chi connectivity index (χ0) is 17.0. The lowest BCUT2D eigenvalue weighted by atomic mass is 10.1. The largest absolute Gasteiger partial charge is 0.464 e. The summed E-state index contributed by atoms with van der Waals surface area (Å²) >= 11 is 0. The number of carbonyl (C=O) groups is 1. The second-order valence-corrected chi connectivity index (χ2v) is 7.89. The van der Waals surface area contributed by atoms with E-state index in [1.165, 1.54) is 25.7 Å². The van der Waals surface area contributed by atoms with Gasteiger partial charge in [0.25, 0.3) is 10.1 Å². The van der Waals surface area contributed by atoms with Gasteiger partial charge in [-0.15, -0.1) is 0 Å². The SMILES string of the molecule is CCCCCCCCCCC(C(=O)OCC(C)C)S(=O)(=O)O. The highest BCUT2D eigenvalue weighted by atomic mass is 32.2. The molecule has 0 saturated carbocycles. The molecular formula is C16H32O5S. The molecule has 22 heavy (non-hydrogen) atoms. The quantitative estimate of drug-likeness (QED) is 0.313. The van der Waals surface area contributed by atoms with Crippen molar-refractivity contribution >= 4 is 16.1 Å². The number of esters is 1. The molecule has 0 aromatic carbocycles. The lowest BCUT2D eigenvalue weighted by Crippen LogP contribution is -2.32. The molecule has 0 amide bonds. The van der Waals surface area contributed by atoms with Crippen LogP contribution in [0.1, 0.15) is 78.6 Å². The molecule has 0 aromatic rings. The number of unbranched alkanes of at least 4 members (excludes halogenated alkanes) is 7. The number of hydrogen-bond donors (Lipinski definition) is 1. The second kappa shape index (κ2) is 11.9. The van der Waals surface area contributed by atoms with Crippen molar-refractivity contribution < 1.29 is 22.5 Å². The zero-order valence-electron chi connectivity index (χ0n) is 14.2. The summed E-state index contributed by atoms with van der Waals surface area (Å²) in [4.78, 5) is 11.8. The van der Waals surface area contributed by atoms with Gasteiger partial charge in [0, 0.05) is 0 Å². The lowest BCUT2D eigenvalue weighted by Gasteiger charge is -2.14. The van der Waals surface area contributed by atoms with Crippen LogP contribution in [-0.4, -0.2) is 30.8 Å². The highest BCUT2D eigenvalue weighted by Crippen LogP contribution is 2.15. The minimum Gasteiger partial charge on any atom is -0.464 e. The third-order valence-electron chi connectivity index (χ3n) is 3.50. The van der Waals surface area contributed by atoms with Crippen molar-refractivity contribution in [1.82, 2.24) is 0 Å². The molecule has 0 aliphatic heterocycles. The third-order valence-corrected chi connectivity index (χ3v) is 4.65. The molecule has 0 heterocycles. The predicted molar refractivity (Wildman–Crippen MR) is 88.4 cm³/mol. The molecule has 0 bridgehead atoms. The summed E-state index contributed by atoms with van der Waals surface area (Å²) in [7, 11) is -4.39. The van der Waals surface area contributed by atoms with Crippen LogP contribution in [0.5, 0.6) is 0 Å². The zero-order valence-corrected chi connectivity index (χ0v) is 15.0. The van der Waals surface area contributed by atoms with Crippen LogP contribution in [0.25, 0.3) is 0 Å². The average Bonchev–Trinajstić information content (AvgIpc) is 2.41. The summed E-state index contributed by atoms with van der Waals surface area (Å²) in [5.74, 6) is -0.701. The fraction of sp³-hybridized carbons (Fsp3) is 0.938. The minimum atomic E-state index is -4.39. The van der Waals surface area contributed by atoms with Gasteiger partial charge in [-0.25, -0.2) is 0 Å². The topological polar surface area (TPSA) is 80.7 Å². The van der Waals surface area contributed by atoms with E-state index in [0.717, 1.165) is 19.3 Å². The highest BCUT2D eigenvalue weighted by molar-refractivity contribution is 7.87. The maximum Gasteiger partial charge on any atom is 0.326 e. The van der Waals surface area contributed by atoms with Crippen molar-refractivity contribution in [2.75, 3.05) is 6.61 Å². The maximum atomic E-state index is 11.8. The van der Waals surface area contributed by atoms with E-state index in [2.05, 4.69) is 6.92 Å². The van der Waals surface area contributed by atoms with E-state index in [9.17, 15) is 17.8 Å². The van der Waals surface area contributed by atoms with E-state index in [-0.39, 0.29) is 18.9 Å². The van der Waals surface area contributed by atoms with Gasteiger partial charge in [0.05, 0.1) is 6.61 Å². The lowest BCUT2D eigenvalue weighted by molar-refractivity contribution is -0.144. The van der Waals surface area contributed by atoms with Crippen LogP contribution in [0.2, 0.25) is 0 Å². The predicted octanol–water partition coefficient (Wildman–Crippen LogP) is 3.97. The number of rotatable bonds is 13. The van der Waals surface area contributed by atoms with Gasteiger partial charge in [-0.1, -0.05) is 72.1 Å².